The van der Waals surface area contributed by atoms with E-state index in [1.54, 1.807) is 0 Å². The molecule has 3 aromatic rings. The SMILES string of the molecule is C[C@@](O)(C(=O)N1C[C@H](F)[C@H](NC(=O)c2cc(-c3cc(C(F)(F)F)c4c(N)ncnn34)cc(F)c2Cl)C1)C(F)(F)F. The zero-order valence-corrected chi connectivity index (χ0v) is 20.7. The lowest BCUT2D eigenvalue weighted by Crippen LogP contribution is -2.56. The normalized spacial score (nSPS) is 19.6. The Morgan fingerprint density at radius 3 is 2.40 bits per heavy atom. The molecule has 0 unspecified atom stereocenters. The first-order valence-corrected chi connectivity index (χ1v) is 11.4. The number of carbonyl (C=O) groups excluding carboxylic acids is 2. The van der Waals surface area contributed by atoms with Crippen molar-refractivity contribution < 1.29 is 49.8 Å². The molecule has 4 N–H and O–H groups in total. The quantitative estimate of drug-likeness (QED) is 0.394. The van der Waals surface area contributed by atoms with Gasteiger partial charge in [-0.3, -0.25) is 9.59 Å². The number of nitrogens with two attached hydrogens (primary N) is 1. The van der Waals surface area contributed by atoms with Crippen LogP contribution in [0.2, 0.25) is 5.02 Å². The summed E-state index contributed by atoms with van der Waals surface area (Å²) in [5.41, 5.74) is -1.48. The fourth-order valence-electron chi connectivity index (χ4n) is 4.13. The number of fused-ring (bicyclic) bond motifs is 1. The number of hydrogen-bond donors (Lipinski definition) is 3. The molecule has 0 saturated carbocycles. The van der Waals surface area contributed by atoms with Gasteiger partial charge in [-0.15, -0.1) is 0 Å². The third-order valence-electron chi connectivity index (χ3n) is 6.28. The number of halogens is 9. The van der Waals surface area contributed by atoms with Crippen molar-refractivity contribution in [3.63, 3.8) is 0 Å². The molecule has 40 heavy (non-hydrogen) atoms. The van der Waals surface area contributed by atoms with Crippen LogP contribution in [0.3, 0.4) is 0 Å². The molecule has 3 heterocycles. The van der Waals surface area contributed by atoms with Gasteiger partial charge >= 0.3 is 12.4 Å². The fourth-order valence-corrected chi connectivity index (χ4v) is 4.33. The van der Waals surface area contributed by atoms with E-state index in [1.165, 1.54) is 0 Å². The molecule has 1 fully saturated rings. The number of nitrogens with zero attached hydrogens (tertiary/aromatic N) is 4. The minimum Gasteiger partial charge on any atom is -0.382 e. The third kappa shape index (κ3) is 4.98. The largest absolute Gasteiger partial charge is 0.426 e. The van der Waals surface area contributed by atoms with Crippen molar-refractivity contribution in [2.24, 2.45) is 0 Å². The summed E-state index contributed by atoms with van der Waals surface area (Å²) in [5.74, 6) is -4.90. The Balaban J connectivity index is 1.66. The van der Waals surface area contributed by atoms with Gasteiger partial charge < -0.3 is 21.1 Å². The smallest absolute Gasteiger partial charge is 0.382 e. The van der Waals surface area contributed by atoms with E-state index in [0.29, 0.717) is 17.0 Å². The number of aliphatic hydroxyl groups is 1. The van der Waals surface area contributed by atoms with Gasteiger partial charge in [0.25, 0.3) is 11.8 Å². The lowest BCUT2D eigenvalue weighted by atomic mass is 10.1. The molecule has 2 aromatic heterocycles. The number of nitrogens with one attached hydrogen (secondary N) is 1. The minimum absolute atomic E-state index is 0.191. The van der Waals surface area contributed by atoms with Crippen LogP contribution >= 0.6 is 11.6 Å². The predicted molar refractivity (Wildman–Crippen MR) is 122 cm³/mol. The number of alkyl halides is 7. The Morgan fingerprint density at radius 2 is 1.80 bits per heavy atom. The maximum atomic E-state index is 14.7. The van der Waals surface area contributed by atoms with Crippen LogP contribution in [0.5, 0.6) is 0 Å². The molecule has 216 valence electrons. The standard InChI is InChI=1S/C22H17ClF8N6O3/c1-20(40,22(29,30)31)19(39)36-5-12(25)13(6-36)35-18(38)9-2-8(3-11(24)15(9)23)14-4-10(21(26,27)28)16-17(32)33-7-34-37(14)16/h2-4,7,12-13,40H,5-6H2,1H3,(H,35,38)(H2,32,33,34)/t12-,13+,20+/m0/s1. The fraction of sp³-hybridized carbons (Fsp3) is 0.364. The van der Waals surface area contributed by atoms with Crippen molar-refractivity contribution in [2.75, 3.05) is 18.8 Å². The van der Waals surface area contributed by atoms with Crippen LogP contribution in [-0.4, -0.2) is 73.5 Å². The van der Waals surface area contributed by atoms with Crippen molar-refractivity contribution in [1.29, 1.82) is 0 Å². The molecular formula is C22H17ClF8N6O3. The van der Waals surface area contributed by atoms with Crippen LogP contribution in [0.4, 0.5) is 40.9 Å². The second kappa shape index (κ2) is 9.72. The van der Waals surface area contributed by atoms with Crippen molar-refractivity contribution in [3.05, 3.63) is 46.5 Å². The number of nitrogen functional groups attached to an aromatic ring is 1. The number of rotatable bonds is 4. The van der Waals surface area contributed by atoms with Crippen molar-refractivity contribution in [2.45, 2.75) is 37.1 Å². The van der Waals surface area contributed by atoms with E-state index < -0.39 is 88.4 Å². The summed E-state index contributed by atoms with van der Waals surface area (Å²) >= 11 is 5.90. The number of hydrogen-bond acceptors (Lipinski definition) is 6. The van der Waals surface area contributed by atoms with E-state index in [9.17, 15) is 49.8 Å². The monoisotopic (exact) mass is 600 g/mol. The zero-order chi connectivity index (χ0) is 29.9. The van der Waals surface area contributed by atoms with E-state index in [-0.39, 0.29) is 18.2 Å². The first-order chi connectivity index (χ1) is 18.3. The molecule has 4 rings (SSSR count). The highest BCUT2D eigenvalue weighted by atomic mass is 35.5. The molecule has 1 aliphatic rings. The van der Waals surface area contributed by atoms with Crippen LogP contribution < -0.4 is 11.1 Å². The zero-order valence-electron chi connectivity index (χ0n) is 19.9. The third-order valence-corrected chi connectivity index (χ3v) is 6.66. The summed E-state index contributed by atoms with van der Waals surface area (Å²) in [4.78, 5) is 29.0. The number of aromatic nitrogens is 3. The maximum absolute atomic E-state index is 14.7. The molecule has 9 nitrogen and oxygen atoms in total. The van der Waals surface area contributed by atoms with E-state index >= 15 is 0 Å². The van der Waals surface area contributed by atoms with Crippen LogP contribution in [0.1, 0.15) is 22.8 Å². The van der Waals surface area contributed by atoms with Crippen molar-refractivity contribution in [1.82, 2.24) is 24.8 Å². The van der Waals surface area contributed by atoms with Gasteiger partial charge in [0.1, 0.15) is 23.8 Å². The molecule has 1 aromatic carbocycles. The Kier molecular flexibility index (Phi) is 7.11. The summed E-state index contributed by atoms with van der Waals surface area (Å²) < 4.78 is 110. The summed E-state index contributed by atoms with van der Waals surface area (Å²) in [6, 6.07) is 0.601. The Labute approximate surface area is 223 Å². The highest BCUT2D eigenvalue weighted by Gasteiger charge is 2.58. The summed E-state index contributed by atoms with van der Waals surface area (Å²) in [7, 11) is 0. The van der Waals surface area contributed by atoms with E-state index in [4.69, 9.17) is 17.3 Å². The Hall–Kier alpha value is -3.73. The first kappa shape index (κ1) is 29.3. The average Bonchev–Trinajstić information content (AvgIpc) is 3.41. The van der Waals surface area contributed by atoms with E-state index in [1.807, 2.05) is 0 Å². The van der Waals surface area contributed by atoms with Gasteiger partial charge in [-0.2, -0.15) is 31.4 Å². The van der Waals surface area contributed by atoms with Gasteiger partial charge in [-0.25, -0.2) is 18.3 Å². The average molecular weight is 601 g/mol. The van der Waals surface area contributed by atoms with Crippen LogP contribution in [0, 0.1) is 5.82 Å². The van der Waals surface area contributed by atoms with Crippen molar-refractivity contribution >= 4 is 34.7 Å². The topological polar surface area (TPSA) is 126 Å². The van der Waals surface area contributed by atoms with Gasteiger partial charge in [0.15, 0.2) is 5.82 Å². The van der Waals surface area contributed by atoms with Crippen LogP contribution in [0.25, 0.3) is 16.8 Å². The number of amides is 2. The Bertz CT molecular complexity index is 1510. The second-order valence-electron chi connectivity index (χ2n) is 9.04. The molecule has 0 radical (unpaired) electrons. The lowest BCUT2D eigenvalue weighted by molar-refractivity contribution is -0.249. The molecule has 18 heteroatoms. The molecular weight excluding hydrogens is 584 g/mol. The Morgan fingerprint density at radius 1 is 1.15 bits per heavy atom. The molecule has 0 aliphatic carbocycles. The molecule has 2 amide bonds. The van der Waals surface area contributed by atoms with Gasteiger partial charge in [-0.1, -0.05) is 11.6 Å². The van der Waals surface area contributed by atoms with Crippen LogP contribution in [-0.2, 0) is 11.0 Å². The molecule has 1 aliphatic heterocycles. The molecule has 3 atom stereocenters. The van der Waals surface area contributed by atoms with Crippen LogP contribution in [0.15, 0.2) is 24.5 Å². The van der Waals surface area contributed by atoms with E-state index in [2.05, 4.69) is 15.4 Å². The molecule has 0 spiro atoms. The van der Waals surface area contributed by atoms with Gasteiger partial charge in [-0.05, 0) is 25.1 Å². The maximum Gasteiger partial charge on any atom is 0.426 e. The minimum atomic E-state index is -5.37. The number of benzene rings is 1. The predicted octanol–water partition coefficient (Wildman–Crippen LogP) is 3.38. The highest BCUT2D eigenvalue weighted by molar-refractivity contribution is 6.34. The number of likely N-dealkylation sites (tertiary alicyclic amines) is 1. The second-order valence-corrected chi connectivity index (χ2v) is 9.42. The van der Waals surface area contributed by atoms with Crippen molar-refractivity contribution in [3.8, 4) is 11.3 Å². The molecule has 1 saturated heterocycles. The summed E-state index contributed by atoms with van der Waals surface area (Å²) in [6.45, 7) is -1.50. The number of carbonyl (C=O) groups is 2. The molecule has 0 bridgehead atoms. The van der Waals surface area contributed by atoms with Gasteiger partial charge in [0.05, 0.1) is 34.4 Å². The summed E-state index contributed by atoms with van der Waals surface area (Å²) in [6.07, 6.45) is -11.5. The lowest BCUT2D eigenvalue weighted by Gasteiger charge is -2.29. The van der Waals surface area contributed by atoms with Gasteiger partial charge in [0, 0.05) is 12.1 Å². The number of anilines is 1. The van der Waals surface area contributed by atoms with E-state index in [0.717, 1.165) is 16.9 Å². The van der Waals surface area contributed by atoms with Gasteiger partial charge in [0.2, 0.25) is 5.60 Å². The summed E-state index contributed by atoms with van der Waals surface area (Å²) in [5, 5.41) is 14.6. The first-order valence-electron chi connectivity index (χ1n) is 11.1. The highest BCUT2D eigenvalue weighted by Crippen LogP contribution is 2.39.